The highest BCUT2D eigenvalue weighted by Gasteiger charge is 2.28. The third kappa shape index (κ3) is 14.0. The molecule has 2 fully saturated rings. The van der Waals surface area contributed by atoms with Crippen LogP contribution in [0, 0.1) is 11.8 Å². The predicted molar refractivity (Wildman–Crippen MR) is 174 cm³/mol. The summed E-state index contributed by atoms with van der Waals surface area (Å²) in [6.07, 6.45) is 17.2. The topological polar surface area (TPSA) is 52.6 Å². The van der Waals surface area contributed by atoms with Crippen LogP contribution in [0.2, 0.25) is 0 Å². The highest BCUT2D eigenvalue weighted by atomic mass is 19.1. The fraction of sp³-hybridized carbons (Fsp3) is 0.789. The number of halogens is 2. The molecule has 1 aromatic rings. The zero-order valence-electron chi connectivity index (χ0n) is 27.7. The van der Waals surface area contributed by atoms with Crippen LogP contribution in [0.4, 0.5) is 8.78 Å². The highest BCUT2D eigenvalue weighted by molar-refractivity contribution is 5.75. The molecular formula is C38H60F2O4. The molecule has 0 bridgehead atoms. The minimum atomic E-state index is -1.47. The van der Waals surface area contributed by atoms with E-state index in [1.807, 2.05) is 0 Å². The van der Waals surface area contributed by atoms with E-state index in [2.05, 4.69) is 38.1 Å². The van der Waals surface area contributed by atoms with Crippen LogP contribution in [-0.2, 0) is 31.9 Å². The van der Waals surface area contributed by atoms with Gasteiger partial charge in [-0.15, -0.1) is 0 Å². The van der Waals surface area contributed by atoms with E-state index in [0.717, 1.165) is 128 Å². The zero-order chi connectivity index (χ0) is 31.6. The molecule has 1 aromatic carbocycles. The van der Waals surface area contributed by atoms with E-state index in [1.165, 1.54) is 11.1 Å². The Morgan fingerprint density at radius 2 is 0.977 bits per heavy atom. The minimum absolute atomic E-state index is 0.121. The van der Waals surface area contributed by atoms with Crippen molar-refractivity contribution in [3.8, 4) is 0 Å². The quantitative estimate of drug-likeness (QED) is 0.108. The van der Waals surface area contributed by atoms with Gasteiger partial charge in [0.05, 0.1) is 0 Å². The summed E-state index contributed by atoms with van der Waals surface area (Å²) in [6.45, 7) is 4.24. The van der Waals surface area contributed by atoms with E-state index < -0.39 is 24.3 Å². The molecule has 0 aliphatic heterocycles. The lowest BCUT2D eigenvalue weighted by molar-refractivity contribution is -0.158. The van der Waals surface area contributed by atoms with Crippen molar-refractivity contribution in [2.24, 2.45) is 11.8 Å². The highest BCUT2D eigenvalue weighted by Crippen LogP contribution is 2.32. The second kappa shape index (κ2) is 20.9. The van der Waals surface area contributed by atoms with Crippen LogP contribution >= 0.6 is 0 Å². The molecule has 0 heterocycles. The van der Waals surface area contributed by atoms with Crippen molar-refractivity contribution in [2.75, 3.05) is 0 Å². The van der Waals surface area contributed by atoms with Gasteiger partial charge in [0.15, 0.2) is 12.3 Å². The zero-order valence-corrected chi connectivity index (χ0v) is 27.7. The summed E-state index contributed by atoms with van der Waals surface area (Å²) < 4.78 is 39.3. The summed E-state index contributed by atoms with van der Waals surface area (Å²) in [5.74, 6) is -0.0386. The Morgan fingerprint density at radius 1 is 0.614 bits per heavy atom. The molecule has 0 amide bonds. The van der Waals surface area contributed by atoms with Gasteiger partial charge in [-0.3, -0.25) is 0 Å². The van der Waals surface area contributed by atoms with Crippen LogP contribution in [0.5, 0.6) is 0 Å². The van der Waals surface area contributed by atoms with Crippen LogP contribution in [0.15, 0.2) is 24.3 Å². The van der Waals surface area contributed by atoms with Gasteiger partial charge in [0.2, 0.25) is 0 Å². The van der Waals surface area contributed by atoms with Gasteiger partial charge in [0.1, 0.15) is 12.2 Å². The van der Waals surface area contributed by atoms with E-state index in [9.17, 15) is 18.4 Å². The monoisotopic (exact) mass is 618 g/mol. The maximum atomic E-state index is 14.2. The molecule has 0 radical (unpaired) electrons. The number of unbranched alkanes of at least 4 members (excludes halogenated alkanes) is 6. The molecule has 3 rings (SSSR count). The summed E-state index contributed by atoms with van der Waals surface area (Å²) in [6, 6.07) is 9.04. The van der Waals surface area contributed by atoms with Gasteiger partial charge in [-0.2, -0.15) is 0 Å². The Labute approximate surface area is 266 Å². The second-order valence-corrected chi connectivity index (χ2v) is 13.7. The average Bonchev–Trinajstić information content (AvgIpc) is 3.04. The van der Waals surface area contributed by atoms with Crippen molar-refractivity contribution in [2.45, 2.75) is 180 Å². The van der Waals surface area contributed by atoms with Crippen LogP contribution < -0.4 is 0 Å². The van der Waals surface area contributed by atoms with Crippen molar-refractivity contribution < 1.29 is 27.8 Å². The average molecular weight is 619 g/mol. The van der Waals surface area contributed by atoms with Crippen LogP contribution in [-0.4, -0.2) is 36.5 Å². The summed E-state index contributed by atoms with van der Waals surface area (Å²) in [5.41, 5.74) is 2.73. The Morgan fingerprint density at radius 3 is 1.32 bits per heavy atom. The molecule has 0 unspecified atom stereocenters. The first-order chi connectivity index (χ1) is 21.4. The lowest BCUT2D eigenvalue weighted by Gasteiger charge is -2.29. The number of carbonyl (C=O) groups excluding carboxylic acids is 2. The lowest BCUT2D eigenvalue weighted by Crippen LogP contribution is -2.29. The van der Waals surface area contributed by atoms with Crippen molar-refractivity contribution >= 4 is 11.9 Å². The molecule has 44 heavy (non-hydrogen) atoms. The van der Waals surface area contributed by atoms with E-state index in [-0.39, 0.29) is 25.0 Å². The molecule has 2 aliphatic carbocycles. The fourth-order valence-corrected chi connectivity index (χ4v) is 6.90. The minimum Gasteiger partial charge on any atom is -0.460 e. The second-order valence-electron chi connectivity index (χ2n) is 13.7. The maximum absolute atomic E-state index is 14.2. The van der Waals surface area contributed by atoms with Crippen molar-refractivity contribution in [1.29, 1.82) is 0 Å². The Hall–Kier alpha value is -1.98. The summed E-state index contributed by atoms with van der Waals surface area (Å²) in [7, 11) is 0. The molecular weight excluding hydrogens is 558 g/mol. The first-order valence-electron chi connectivity index (χ1n) is 18.1. The van der Waals surface area contributed by atoms with Gasteiger partial charge in [0.25, 0.3) is 0 Å². The van der Waals surface area contributed by atoms with Gasteiger partial charge in [-0.25, -0.2) is 18.4 Å². The van der Waals surface area contributed by atoms with E-state index in [1.54, 1.807) is 0 Å². The molecule has 250 valence electrons. The normalized spacial score (nSPS) is 23.5. The smallest absolute Gasteiger partial charge is 0.340 e. The number of hydrogen-bond acceptors (Lipinski definition) is 4. The SMILES string of the molecule is CCCCCC[C@@H](F)C(=O)OC1CCC(CCc2ccc(CCC3CCC(OC(=O)[C@H](F)CCCCCC)CC3)cc2)CC1. The van der Waals surface area contributed by atoms with E-state index in [4.69, 9.17) is 9.47 Å². The van der Waals surface area contributed by atoms with Gasteiger partial charge in [0, 0.05) is 0 Å². The number of benzene rings is 1. The number of alkyl halides is 2. The summed E-state index contributed by atoms with van der Waals surface area (Å²) >= 11 is 0. The number of carbonyl (C=O) groups is 2. The number of aryl methyl sites for hydroxylation is 2. The Kier molecular flexibility index (Phi) is 17.4. The van der Waals surface area contributed by atoms with Crippen molar-refractivity contribution in [1.82, 2.24) is 0 Å². The fourth-order valence-electron chi connectivity index (χ4n) is 6.90. The third-order valence-corrected chi connectivity index (χ3v) is 9.99. The van der Waals surface area contributed by atoms with Gasteiger partial charge in [-0.05, 0) is 126 Å². The number of rotatable bonds is 20. The maximum Gasteiger partial charge on any atom is 0.340 e. The molecule has 0 spiro atoms. The van der Waals surface area contributed by atoms with Crippen LogP contribution in [0.25, 0.3) is 0 Å². The molecule has 0 N–H and O–H groups in total. The molecule has 2 aliphatic rings. The standard InChI is InChI=1S/C38H60F2O4/c1-3-5-7-9-11-35(39)37(41)43-33-25-21-31(22-26-33)19-17-29-13-15-30(16-14-29)18-20-32-23-27-34(28-24-32)44-38(42)36(40)12-10-8-6-4-2/h13-16,31-36H,3-12,17-28H2,1-2H3/t31?,32?,33?,34?,35-,36-/m1/s1. The summed E-state index contributed by atoms with van der Waals surface area (Å²) in [4.78, 5) is 24.2. The largest absolute Gasteiger partial charge is 0.460 e. The van der Waals surface area contributed by atoms with Crippen molar-refractivity contribution in [3.63, 3.8) is 0 Å². The van der Waals surface area contributed by atoms with E-state index >= 15 is 0 Å². The third-order valence-electron chi connectivity index (χ3n) is 9.99. The van der Waals surface area contributed by atoms with Crippen molar-refractivity contribution in [3.05, 3.63) is 35.4 Å². The lowest BCUT2D eigenvalue weighted by atomic mass is 9.83. The predicted octanol–water partition coefficient (Wildman–Crippen LogP) is 10.4. The number of esters is 2. The Balaban J connectivity index is 1.24. The molecule has 2 atom stereocenters. The molecule has 6 heteroatoms. The molecule has 0 aromatic heterocycles. The molecule has 0 saturated heterocycles. The van der Waals surface area contributed by atoms with Gasteiger partial charge < -0.3 is 9.47 Å². The molecule has 2 saturated carbocycles. The Bertz CT molecular complexity index is 844. The first kappa shape index (κ1) is 36.5. The van der Waals surface area contributed by atoms with Gasteiger partial charge in [-0.1, -0.05) is 76.6 Å². The first-order valence-corrected chi connectivity index (χ1v) is 18.1. The van der Waals surface area contributed by atoms with Gasteiger partial charge >= 0.3 is 11.9 Å². The number of ether oxygens (including phenoxy) is 2. The number of hydrogen-bond donors (Lipinski definition) is 0. The van der Waals surface area contributed by atoms with E-state index in [0.29, 0.717) is 11.8 Å². The van der Waals surface area contributed by atoms with Crippen LogP contribution in [0.3, 0.4) is 0 Å². The summed E-state index contributed by atoms with van der Waals surface area (Å²) in [5, 5.41) is 0. The van der Waals surface area contributed by atoms with Crippen LogP contribution in [0.1, 0.15) is 153 Å². The molecule has 4 nitrogen and oxygen atoms in total.